The zero-order valence-electron chi connectivity index (χ0n) is 11.9. The molecule has 1 fully saturated rings. The average molecular weight is 269 g/mol. The molecule has 0 bridgehead atoms. The smallest absolute Gasteiger partial charge is 0.0534 e. The summed E-state index contributed by atoms with van der Waals surface area (Å²) in [6.45, 7) is 1.95. The number of nitrogens with zero attached hydrogens (tertiary/aromatic N) is 2. The van der Waals surface area contributed by atoms with E-state index < -0.39 is 0 Å². The van der Waals surface area contributed by atoms with Crippen LogP contribution in [-0.2, 0) is 6.54 Å². The number of hydrogen-bond donors (Lipinski definition) is 1. The van der Waals surface area contributed by atoms with Crippen molar-refractivity contribution in [1.29, 1.82) is 0 Å². The van der Waals surface area contributed by atoms with E-state index in [0.717, 1.165) is 13.1 Å². The van der Waals surface area contributed by atoms with Crippen LogP contribution in [0.15, 0.2) is 48.8 Å². The minimum Gasteiger partial charge on any atom is -0.312 e. The van der Waals surface area contributed by atoms with Crippen LogP contribution in [0.1, 0.15) is 37.2 Å². The van der Waals surface area contributed by atoms with E-state index in [4.69, 9.17) is 0 Å². The number of rotatable bonds is 5. The van der Waals surface area contributed by atoms with Gasteiger partial charge in [0.1, 0.15) is 0 Å². The van der Waals surface area contributed by atoms with Crippen LogP contribution in [0.2, 0.25) is 0 Å². The van der Waals surface area contributed by atoms with E-state index in [1.54, 1.807) is 0 Å². The van der Waals surface area contributed by atoms with Gasteiger partial charge in [0.15, 0.2) is 0 Å². The Labute approximate surface area is 121 Å². The molecule has 3 nitrogen and oxygen atoms in total. The van der Waals surface area contributed by atoms with E-state index in [1.807, 2.05) is 23.1 Å². The molecule has 0 aliphatic heterocycles. The van der Waals surface area contributed by atoms with E-state index in [1.165, 1.54) is 31.2 Å². The molecule has 3 heteroatoms. The standard InChI is InChI=1S/C17H23N3/c1-2-7-15(8-3-1)16-9-4-5-10-17(16)18-12-14-20-13-6-11-19-20/h1-3,6-8,11,13,16-18H,4-5,9-10,12,14H2. The Morgan fingerprint density at radius 2 is 1.95 bits per heavy atom. The highest BCUT2D eigenvalue weighted by Gasteiger charge is 2.25. The lowest BCUT2D eigenvalue weighted by Crippen LogP contribution is -2.38. The summed E-state index contributed by atoms with van der Waals surface area (Å²) in [5.41, 5.74) is 1.49. The van der Waals surface area contributed by atoms with Crippen molar-refractivity contribution >= 4 is 0 Å². The predicted molar refractivity (Wildman–Crippen MR) is 81.7 cm³/mol. The van der Waals surface area contributed by atoms with E-state index in [0.29, 0.717) is 12.0 Å². The van der Waals surface area contributed by atoms with Crippen molar-refractivity contribution in [1.82, 2.24) is 15.1 Å². The largest absolute Gasteiger partial charge is 0.312 e. The number of nitrogens with one attached hydrogen (secondary N) is 1. The molecule has 1 aromatic heterocycles. The fourth-order valence-electron chi connectivity index (χ4n) is 3.27. The maximum atomic E-state index is 4.25. The van der Waals surface area contributed by atoms with Crippen LogP contribution in [0.25, 0.3) is 0 Å². The molecule has 0 saturated heterocycles. The SMILES string of the molecule is c1ccc(C2CCCCC2NCCn2cccn2)cc1. The molecule has 1 aromatic carbocycles. The van der Waals surface area contributed by atoms with Crippen molar-refractivity contribution in [3.8, 4) is 0 Å². The summed E-state index contributed by atoms with van der Waals surface area (Å²) in [5.74, 6) is 0.669. The van der Waals surface area contributed by atoms with E-state index in [-0.39, 0.29) is 0 Å². The first-order valence-electron chi connectivity index (χ1n) is 7.69. The number of hydrogen-bond acceptors (Lipinski definition) is 2. The van der Waals surface area contributed by atoms with Gasteiger partial charge in [-0.3, -0.25) is 4.68 Å². The van der Waals surface area contributed by atoms with Crippen LogP contribution >= 0.6 is 0 Å². The first-order chi connectivity index (χ1) is 9.93. The van der Waals surface area contributed by atoms with E-state index >= 15 is 0 Å². The molecule has 0 amide bonds. The first-order valence-corrected chi connectivity index (χ1v) is 7.69. The molecule has 0 spiro atoms. The Kier molecular flexibility index (Phi) is 4.49. The summed E-state index contributed by atoms with van der Waals surface area (Å²) in [6, 6.07) is 13.6. The molecule has 0 radical (unpaired) electrons. The lowest BCUT2D eigenvalue weighted by atomic mass is 9.80. The molecule has 1 saturated carbocycles. The minimum absolute atomic E-state index is 0.613. The fourth-order valence-corrected chi connectivity index (χ4v) is 3.27. The van der Waals surface area contributed by atoms with Gasteiger partial charge in [0, 0.05) is 25.0 Å². The van der Waals surface area contributed by atoms with E-state index in [9.17, 15) is 0 Å². The number of aromatic nitrogens is 2. The molecule has 1 N–H and O–H groups in total. The molecule has 1 aliphatic rings. The van der Waals surface area contributed by atoms with Gasteiger partial charge in [0.25, 0.3) is 0 Å². The van der Waals surface area contributed by atoms with Crippen LogP contribution in [-0.4, -0.2) is 22.4 Å². The van der Waals surface area contributed by atoms with Gasteiger partial charge in [0.2, 0.25) is 0 Å². The zero-order valence-corrected chi connectivity index (χ0v) is 11.9. The summed E-state index contributed by atoms with van der Waals surface area (Å²) < 4.78 is 1.99. The molecular weight excluding hydrogens is 246 g/mol. The molecule has 2 atom stereocenters. The van der Waals surface area contributed by atoms with Crippen LogP contribution in [0, 0.1) is 0 Å². The molecule has 1 aliphatic carbocycles. The zero-order chi connectivity index (χ0) is 13.6. The topological polar surface area (TPSA) is 29.9 Å². The highest BCUT2D eigenvalue weighted by molar-refractivity contribution is 5.21. The van der Waals surface area contributed by atoms with Gasteiger partial charge in [-0.2, -0.15) is 5.10 Å². The third kappa shape index (κ3) is 3.28. The second kappa shape index (κ2) is 6.71. The quantitative estimate of drug-likeness (QED) is 0.903. The van der Waals surface area contributed by atoms with Gasteiger partial charge in [-0.25, -0.2) is 0 Å². The lowest BCUT2D eigenvalue weighted by Gasteiger charge is -2.32. The van der Waals surface area contributed by atoms with Crippen molar-refractivity contribution in [3.63, 3.8) is 0 Å². The maximum absolute atomic E-state index is 4.25. The Morgan fingerprint density at radius 3 is 2.75 bits per heavy atom. The third-order valence-electron chi connectivity index (χ3n) is 4.30. The van der Waals surface area contributed by atoms with Crippen LogP contribution in [0.3, 0.4) is 0 Å². The van der Waals surface area contributed by atoms with Crippen molar-refractivity contribution < 1.29 is 0 Å². The third-order valence-corrected chi connectivity index (χ3v) is 4.30. The Balaban J connectivity index is 1.58. The predicted octanol–water partition coefficient (Wildman–Crippen LogP) is 3.20. The van der Waals surface area contributed by atoms with Crippen LogP contribution in [0.4, 0.5) is 0 Å². The summed E-state index contributed by atoms with van der Waals surface area (Å²) in [7, 11) is 0. The Hall–Kier alpha value is -1.61. The van der Waals surface area contributed by atoms with Crippen molar-refractivity contribution in [2.45, 2.75) is 44.2 Å². The van der Waals surface area contributed by atoms with Gasteiger partial charge < -0.3 is 5.32 Å². The second-order valence-electron chi connectivity index (χ2n) is 5.63. The van der Waals surface area contributed by atoms with Crippen molar-refractivity contribution in [2.75, 3.05) is 6.54 Å². The molecular formula is C17H23N3. The summed E-state index contributed by atoms with van der Waals surface area (Å²) in [4.78, 5) is 0. The van der Waals surface area contributed by atoms with Gasteiger partial charge in [0.05, 0.1) is 6.54 Å². The monoisotopic (exact) mass is 269 g/mol. The number of benzene rings is 1. The molecule has 3 rings (SSSR count). The minimum atomic E-state index is 0.613. The highest BCUT2D eigenvalue weighted by atomic mass is 15.3. The lowest BCUT2D eigenvalue weighted by molar-refractivity contribution is 0.322. The van der Waals surface area contributed by atoms with Crippen LogP contribution in [0.5, 0.6) is 0 Å². The normalized spacial score (nSPS) is 22.8. The molecule has 20 heavy (non-hydrogen) atoms. The average Bonchev–Trinajstić information content (AvgIpc) is 3.02. The van der Waals surface area contributed by atoms with E-state index in [2.05, 4.69) is 40.7 Å². The summed E-state index contributed by atoms with van der Waals surface area (Å²) in [5, 5.41) is 8.00. The van der Waals surface area contributed by atoms with Gasteiger partial charge in [-0.1, -0.05) is 43.2 Å². The van der Waals surface area contributed by atoms with Crippen LogP contribution < -0.4 is 5.32 Å². The van der Waals surface area contributed by atoms with Gasteiger partial charge >= 0.3 is 0 Å². The summed E-state index contributed by atoms with van der Waals surface area (Å²) >= 11 is 0. The molecule has 2 unspecified atom stereocenters. The Morgan fingerprint density at radius 1 is 1.10 bits per heavy atom. The maximum Gasteiger partial charge on any atom is 0.0534 e. The molecule has 106 valence electrons. The fraction of sp³-hybridized carbons (Fsp3) is 0.471. The molecule has 1 heterocycles. The molecule has 2 aromatic rings. The first kappa shape index (κ1) is 13.4. The van der Waals surface area contributed by atoms with Gasteiger partial charge in [-0.15, -0.1) is 0 Å². The highest BCUT2D eigenvalue weighted by Crippen LogP contribution is 2.32. The van der Waals surface area contributed by atoms with Crippen molar-refractivity contribution in [2.24, 2.45) is 0 Å². The van der Waals surface area contributed by atoms with Crippen molar-refractivity contribution in [3.05, 3.63) is 54.4 Å². The van der Waals surface area contributed by atoms with Gasteiger partial charge in [-0.05, 0) is 30.4 Å². The second-order valence-corrected chi connectivity index (χ2v) is 5.63. The Bertz CT molecular complexity index is 492. The summed E-state index contributed by atoms with van der Waals surface area (Å²) in [6.07, 6.45) is 9.17.